The highest BCUT2D eigenvalue weighted by Crippen LogP contribution is 2.17. The van der Waals surface area contributed by atoms with Crippen molar-refractivity contribution in [2.45, 2.75) is 251 Å². The molecule has 0 aliphatic carbocycles. The molecule has 0 aliphatic rings. The molecule has 0 aromatic carbocycles. The van der Waals surface area contributed by atoms with E-state index in [1.165, 1.54) is 83.5 Å². The van der Waals surface area contributed by atoms with Gasteiger partial charge in [0.15, 0.2) is 0 Å². The van der Waals surface area contributed by atoms with Crippen LogP contribution in [0.15, 0.2) is 109 Å². The first-order valence-corrected chi connectivity index (χ1v) is 27.2. The predicted octanol–water partition coefficient (Wildman–Crippen LogP) is 16.7. The van der Waals surface area contributed by atoms with Crippen molar-refractivity contribution in [1.29, 1.82) is 0 Å². The summed E-state index contributed by atoms with van der Waals surface area (Å²) in [6.07, 6.45) is 71.4. The summed E-state index contributed by atoms with van der Waals surface area (Å²) in [5.41, 5.74) is 0. The van der Waals surface area contributed by atoms with Gasteiger partial charge < -0.3 is 20.3 Å². The maximum absolute atomic E-state index is 13.2. The van der Waals surface area contributed by atoms with Crippen molar-refractivity contribution < 1.29 is 24.5 Å². The topological polar surface area (TPSA) is 95.9 Å². The van der Waals surface area contributed by atoms with E-state index in [2.05, 4.69) is 80.8 Å². The number of carbonyl (C=O) groups excluding carboxylic acids is 2. The van der Waals surface area contributed by atoms with E-state index in [0.29, 0.717) is 19.3 Å². The molecule has 0 bridgehead atoms. The van der Waals surface area contributed by atoms with Crippen LogP contribution < -0.4 is 5.32 Å². The lowest BCUT2D eigenvalue weighted by Gasteiger charge is -2.24. The Morgan fingerprint density at radius 2 is 0.848 bits per heavy atom. The van der Waals surface area contributed by atoms with Gasteiger partial charge in [0.1, 0.15) is 6.10 Å². The van der Waals surface area contributed by atoms with E-state index in [1.54, 1.807) is 0 Å². The Kier molecular flexibility index (Phi) is 49.7. The van der Waals surface area contributed by atoms with Gasteiger partial charge in [0, 0.05) is 6.42 Å². The third-order valence-electron chi connectivity index (χ3n) is 11.8. The fourth-order valence-electron chi connectivity index (χ4n) is 7.71. The average molecular weight is 916 g/mol. The largest absolute Gasteiger partial charge is 0.462 e. The number of aliphatic hydroxyl groups is 2. The number of esters is 1. The van der Waals surface area contributed by atoms with Gasteiger partial charge in [0.25, 0.3) is 0 Å². The first-order chi connectivity index (χ1) is 32.5. The van der Waals surface area contributed by atoms with Gasteiger partial charge in [-0.05, 0) is 64.2 Å². The molecule has 66 heavy (non-hydrogen) atoms. The number of carbonyl (C=O) groups is 2. The number of nitrogens with one attached hydrogen (secondary N) is 1. The standard InChI is InChI=1S/C60H101NO5/c1-4-7-10-13-16-19-22-25-28-31-33-36-39-42-45-48-51-56(66-60(65)53-50-47-44-41-38-35-30-27-24-21-18-15-12-9-6-3)54-59(64)61-57(55-62)58(63)52-49-46-43-40-37-34-32-29-26-23-20-17-14-11-8-5-2/h9-10,12-13,15-16,18-19,21-22,24-25,27-28,30-31,33,36,56-58,62-63H,4-8,11,14,17,20,23,26,29,32,34-35,37-55H2,1-3H3,(H,61,64)/b12-9+,13-10+,18-15+,19-16+,24-21+,25-22+,30-27-,31-28+,36-33+. The van der Waals surface area contributed by atoms with Crippen molar-refractivity contribution in [1.82, 2.24) is 5.32 Å². The molecule has 0 aromatic rings. The van der Waals surface area contributed by atoms with E-state index < -0.39 is 18.2 Å². The van der Waals surface area contributed by atoms with Gasteiger partial charge >= 0.3 is 5.97 Å². The third kappa shape index (κ3) is 47.0. The minimum Gasteiger partial charge on any atom is -0.462 e. The maximum Gasteiger partial charge on any atom is 0.306 e. The van der Waals surface area contributed by atoms with Crippen molar-refractivity contribution in [3.05, 3.63) is 109 Å². The van der Waals surface area contributed by atoms with Crippen molar-refractivity contribution in [3.63, 3.8) is 0 Å². The number of amides is 1. The van der Waals surface area contributed by atoms with Crippen LogP contribution in [0, 0.1) is 0 Å². The van der Waals surface area contributed by atoms with E-state index in [9.17, 15) is 19.8 Å². The van der Waals surface area contributed by atoms with Crippen molar-refractivity contribution in [2.24, 2.45) is 0 Å². The van der Waals surface area contributed by atoms with Crippen LogP contribution in [0.5, 0.6) is 0 Å². The molecular weight excluding hydrogens is 815 g/mol. The number of unbranched alkanes of at least 4 members (excludes halogenated alkanes) is 24. The fraction of sp³-hybridized carbons (Fsp3) is 0.667. The van der Waals surface area contributed by atoms with Gasteiger partial charge in [0.2, 0.25) is 5.91 Å². The lowest BCUT2D eigenvalue weighted by atomic mass is 10.0. The van der Waals surface area contributed by atoms with Crippen molar-refractivity contribution in [2.75, 3.05) is 6.61 Å². The van der Waals surface area contributed by atoms with Gasteiger partial charge in [-0.15, -0.1) is 0 Å². The number of ether oxygens (including phenoxy) is 1. The second-order valence-electron chi connectivity index (χ2n) is 18.1. The molecule has 0 saturated carbocycles. The van der Waals surface area contributed by atoms with Gasteiger partial charge in [-0.1, -0.05) is 265 Å². The highest BCUT2D eigenvalue weighted by Gasteiger charge is 2.24. The predicted molar refractivity (Wildman–Crippen MR) is 287 cm³/mol. The van der Waals surface area contributed by atoms with Gasteiger partial charge in [-0.25, -0.2) is 0 Å². The monoisotopic (exact) mass is 916 g/mol. The van der Waals surface area contributed by atoms with Crippen molar-refractivity contribution >= 4 is 11.9 Å². The van der Waals surface area contributed by atoms with Gasteiger partial charge in [-0.3, -0.25) is 9.59 Å². The quantitative estimate of drug-likeness (QED) is 0.0321. The summed E-state index contributed by atoms with van der Waals surface area (Å²) in [5, 5.41) is 23.8. The maximum atomic E-state index is 13.2. The van der Waals surface area contributed by atoms with Crippen LogP contribution in [0.25, 0.3) is 0 Å². The highest BCUT2D eigenvalue weighted by molar-refractivity contribution is 5.77. The Balaban J connectivity index is 4.71. The molecule has 376 valence electrons. The van der Waals surface area contributed by atoms with Crippen LogP contribution in [0.3, 0.4) is 0 Å². The third-order valence-corrected chi connectivity index (χ3v) is 11.8. The molecule has 0 radical (unpaired) electrons. The fourth-order valence-corrected chi connectivity index (χ4v) is 7.71. The molecule has 6 nitrogen and oxygen atoms in total. The molecule has 0 spiro atoms. The Labute approximate surface area is 407 Å². The van der Waals surface area contributed by atoms with E-state index >= 15 is 0 Å². The van der Waals surface area contributed by atoms with E-state index in [1.807, 2.05) is 54.7 Å². The molecule has 6 heteroatoms. The minimum atomic E-state index is -0.812. The van der Waals surface area contributed by atoms with Crippen molar-refractivity contribution in [3.8, 4) is 0 Å². The second-order valence-corrected chi connectivity index (χ2v) is 18.1. The molecule has 0 rings (SSSR count). The first kappa shape index (κ1) is 62.5. The SMILES string of the molecule is CC/C=C/C=C/C=C/C=C\CCCCCCCC(=O)OC(CCCCC/C=C/C=C/C=C/C=C/C=C/CCC)CC(=O)NC(CO)C(O)CCCCCCCCCCCCCCCCCC. The average Bonchev–Trinajstić information content (AvgIpc) is 3.31. The molecule has 3 unspecified atom stereocenters. The first-order valence-electron chi connectivity index (χ1n) is 27.2. The zero-order chi connectivity index (χ0) is 48.1. The summed E-state index contributed by atoms with van der Waals surface area (Å²) >= 11 is 0. The van der Waals surface area contributed by atoms with E-state index in [-0.39, 0.29) is 24.9 Å². The summed E-state index contributed by atoms with van der Waals surface area (Å²) < 4.78 is 5.92. The smallest absolute Gasteiger partial charge is 0.306 e. The zero-order valence-electron chi connectivity index (χ0n) is 42.8. The number of hydrogen-bond acceptors (Lipinski definition) is 5. The van der Waals surface area contributed by atoms with Crippen LogP contribution in [-0.2, 0) is 14.3 Å². The zero-order valence-corrected chi connectivity index (χ0v) is 42.8. The summed E-state index contributed by atoms with van der Waals surface area (Å²) in [6, 6.07) is -0.729. The van der Waals surface area contributed by atoms with Crippen LogP contribution >= 0.6 is 0 Å². The van der Waals surface area contributed by atoms with Gasteiger partial charge in [0.05, 0.1) is 25.2 Å². The molecule has 0 fully saturated rings. The summed E-state index contributed by atoms with van der Waals surface area (Å²) in [7, 11) is 0. The molecule has 3 N–H and O–H groups in total. The molecule has 0 saturated heterocycles. The molecule has 0 aliphatic heterocycles. The summed E-state index contributed by atoms with van der Waals surface area (Å²) in [6.45, 7) is 6.24. The summed E-state index contributed by atoms with van der Waals surface area (Å²) in [5.74, 6) is -0.550. The molecule has 1 amide bonds. The molecule has 0 aromatic heterocycles. The number of allylic oxidation sites excluding steroid dienone is 18. The molecular formula is C60H101NO5. The van der Waals surface area contributed by atoms with Crippen LogP contribution in [-0.4, -0.2) is 46.9 Å². The lowest BCUT2D eigenvalue weighted by Crippen LogP contribution is -2.46. The number of hydrogen-bond donors (Lipinski definition) is 3. The number of aliphatic hydroxyl groups excluding tert-OH is 2. The Morgan fingerprint density at radius 1 is 0.455 bits per heavy atom. The van der Waals surface area contributed by atoms with Crippen LogP contribution in [0.1, 0.15) is 233 Å². The minimum absolute atomic E-state index is 0.0331. The molecule has 0 heterocycles. The number of rotatable bonds is 47. The molecule has 3 atom stereocenters. The lowest BCUT2D eigenvalue weighted by molar-refractivity contribution is -0.151. The Morgan fingerprint density at radius 3 is 1.32 bits per heavy atom. The Bertz CT molecular complexity index is 1350. The summed E-state index contributed by atoms with van der Waals surface area (Å²) in [4.78, 5) is 26.2. The van der Waals surface area contributed by atoms with Crippen LogP contribution in [0.2, 0.25) is 0 Å². The normalized spacial score (nSPS) is 14.1. The Hall–Kier alpha value is -3.48. The second kappa shape index (κ2) is 52.5. The van der Waals surface area contributed by atoms with Gasteiger partial charge in [-0.2, -0.15) is 0 Å². The van der Waals surface area contributed by atoms with Crippen LogP contribution in [0.4, 0.5) is 0 Å². The van der Waals surface area contributed by atoms with E-state index in [0.717, 1.165) is 103 Å². The van der Waals surface area contributed by atoms with E-state index in [4.69, 9.17) is 4.74 Å². The highest BCUT2D eigenvalue weighted by atomic mass is 16.5.